The third-order valence-electron chi connectivity index (χ3n) is 11.8. The Bertz CT molecular complexity index is 2380. The van der Waals surface area contributed by atoms with E-state index in [2.05, 4.69) is 190 Å². The normalized spacial score (nSPS) is 14.0. The summed E-state index contributed by atoms with van der Waals surface area (Å²) in [5.41, 5.74) is 19.4. The van der Waals surface area contributed by atoms with Gasteiger partial charge in [0.15, 0.2) is 0 Å². The lowest BCUT2D eigenvalue weighted by Gasteiger charge is -2.41. The van der Waals surface area contributed by atoms with Gasteiger partial charge in [-0.25, -0.2) is 4.98 Å². The molecule has 0 saturated heterocycles. The zero-order valence-electron chi connectivity index (χ0n) is 34.2. The summed E-state index contributed by atoms with van der Waals surface area (Å²) in [5, 5.41) is 0. The summed E-state index contributed by atoms with van der Waals surface area (Å²) < 4.78 is 2.56. The molecule has 0 fully saturated rings. The lowest BCUT2D eigenvalue weighted by Crippen LogP contribution is -2.60. The Kier molecular flexibility index (Phi) is 8.01. The quantitative estimate of drug-likeness (QED) is 0.171. The van der Waals surface area contributed by atoms with E-state index in [-0.39, 0.29) is 23.0 Å². The van der Waals surface area contributed by atoms with Crippen molar-refractivity contribution in [2.75, 3.05) is 4.90 Å². The predicted octanol–water partition coefficient (Wildman–Crippen LogP) is 11.4. The van der Waals surface area contributed by atoms with Crippen molar-refractivity contribution >= 4 is 51.2 Å². The van der Waals surface area contributed by atoms with Crippen LogP contribution >= 0.6 is 0 Å². The fourth-order valence-corrected chi connectivity index (χ4v) is 8.93. The first-order valence-corrected chi connectivity index (χ1v) is 19.7. The van der Waals surface area contributed by atoms with Gasteiger partial charge in [-0.05, 0) is 103 Å². The van der Waals surface area contributed by atoms with Gasteiger partial charge in [0, 0.05) is 28.3 Å². The molecule has 8 rings (SSSR count). The number of nitrogens with zero attached hydrogens (tertiary/aromatic N) is 3. The van der Waals surface area contributed by atoms with Gasteiger partial charge in [0.25, 0.3) is 6.71 Å². The van der Waals surface area contributed by atoms with E-state index in [0.717, 1.165) is 11.3 Å². The van der Waals surface area contributed by atoms with Crippen LogP contribution in [0.25, 0.3) is 28.1 Å². The van der Waals surface area contributed by atoms with Crippen LogP contribution < -0.4 is 21.3 Å². The van der Waals surface area contributed by atoms with Crippen molar-refractivity contribution in [3.8, 4) is 17.1 Å². The van der Waals surface area contributed by atoms with Gasteiger partial charge in [0.05, 0.1) is 11.0 Å². The Labute approximate surface area is 318 Å². The Hall–Kier alpha value is -4.57. The van der Waals surface area contributed by atoms with E-state index in [4.69, 9.17) is 4.98 Å². The molecule has 0 N–H and O–H groups in total. The van der Waals surface area contributed by atoms with Crippen LogP contribution in [0.1, 0.15) is 130 Å². The molecule has 0 amide bonds. The van der Waals surface area contributed by atoms with E-state index >= 15 is 0 Å². The van der Waals surface area contributed by atoms with E-state index < -0.39 is 0 Å². The molecule has 0 saturated carbocycles. The average Bonchev–Trinajstić information content (AvgIpc) is 3.48. The van der Waals surface area contributed by atoms with E-state index in [1.165, 1.54) is 78.0 Å². The highest BCUT2D eigenvalue weighted by molar-refractivity contribution is 7.00. The fraction of sp³-hybridized carbons (Fsp3) is 0.367. The number of hydrogen-bond donors (Lipinski definition) is 0. The summed E-state index contributed by atoms with van der Waals surface area (Å²) in [4.78, 5) is 8.32. The number of aromatic nitrogens is 2. The van der Waals surface area contributed by atoms with Crippen LogP contribution in [0.3, 0.4) is 0 Å². The number of fused-ring (bicyclic) bond motifs is 4. The minimum Gasteiger partial charge on any atom is -0.311 e. The molecule has 53 heavy (non-hydrogen) atoms. The van der Waals surface area contributed by atoms with E-state index in [9.17, 15) is 0 Å². The van der Waals surface area contributed by atoms with Crippen molar-refractivity contribution in [2.45, 2.75) is 118 Å². The lowest BCUT2D eigenvalue weighted by atomic mass is 9.33. The van der Waals surface area contributed by atoms with Gasteiger partial charge in [-0.1, -0.05) is 151 Å². The second-order valence-electron chi connectivity index (χ2n) is 19.3. The fourth-order valence-electron chi connectivity index (χ4n) is 8.93. The summed E-state index contributed by atoms with van der Waals surface area (Å²) in [6.07, 6.45) is 0. The molecule has 1 aromatic heterocycles. The summed E-state index contributed by atoms with van der Waals surface area (Å²) in [7, 11) is 0. The molecule has 0 atom stereocenters. The highest BCUT2D eigenvalue weighted by Gasteiger charge is 2.44. The lowest BCUT2D eigenvalue weighted by molar-refractivity contribution is 0.590. The van der Waals surface area contributed by atoms with Gasteiger partial charge in [-0.3, -0.25) is 4.57 Å². The van der Waals surface area contributed by atoms with Crippen LogP contribution in [-0.4, -0.2) is 16.3 Å². The minimum absolute atomic E-state index is 0.0108. The average molecular weight is 698 g/mol. The van der Waals surface area contributed by atoms with Crippen LogP contribution in [0.5, 0.6) is 0 Å². The molecular formula is C49H56BN3. The van der Waals surface area contributed by atoms with Crippen LogP contribution in [0.2, 0.25) is 0 Å². The van der Waals surface area contributed by atoms with Gasteiger partial charge in [0.2, 0.25) is 0 Å². The SMILES string of the molecule is CC(C)c1cccc(C(C)C)c1-c1nc2c(C(C)(C)C)ccc3c2n1-c1cccc2c1B3c1cc(C(C)(C)C)ccc1N2c1ccc(C(C)(C)C)cc1. The maximum absolute atomic E-state index is 5.80. The van der Waals surface area contributed by atoms with Gasteiger partial charge >= 0.3 is 0 Å². The molecule has 3 heterocycles. The Morgan fingerprint density at radius 3 is 1.74 bits per heavy atom. The zero-order valence-corrected chi connectivity index (χ0v) is 34.2. The monoisotopic (exact) mass is 697 g/mol. The molecule has 2 aliphatic heterocycles. The van der Waals surface area contributed by atoms with Crippen molar-refractivity contribution in [3.05, 3.63) is 119 Å². The third-order valence-corrected chi connectivity index (χ3v) is 11.8. The number of rotatable bonds is 4. The number of hydrogen-bond acceptors (Lipinski definition) is 2. The topological polar surface area (TPSA) is 21.1 Å². The third kappa shape index (κ3) is 5.50. The Morgan fingerprint density at radius 2 is 1.15 bits per heavy atom. The Balaban J connectivity index is 1.53. The summed E-state index contributed by atoms with van der Waals surface area (Å²) >= 11 is 0. The number of anilines is 3. The van der Waals surface area contributed by atoms with Gasteiger partial charge < -0.3 is 4.90 Å². The van der Waals surface area contributed by atoms with Crippen molar-refractivity contribution in [2.24, 2.45) is 0 Å². The highest BCUT2D eigenvalue weighted by atomic mass is 15.2. The van der Waals surface area contributed by atoms with Crippen LogP contribution in [0.15, 0.2) is 91.0 Å². The van der Waals surface area contributed by atoms with Crippen LogP contribution in [0, 0.1) is 0 Å². The first-order valence-electron chi connectivity index (χ1n) is 19.7. The molecule has 3 nitrogen and oxygen atoms in total. The molecule has 0 radical (unpaired) electrons. The second-order valence-corrected chi connectivity index (χ2v) is 19.3. The molecule has 5 aromatic carbocycles. The molecule has 4 heteroatoms. The second kappa shape index (κ2) is 12.0. The van der Waals surface area contributed by atoms with Crippen molar-refractivity contribution in [1.29, 1.82) is 0 Å². The molecule has 270 valence electrons. The maximum Gasteiger partial charge on any atom is 0.252 e. The smallest absolute Gasteiger partial charge is 0.252 e. The van der Waals surface area contributed by atoms with Crippen molar-refractivity contribution < 1.29 is 0 Å². The maximum atomic E-state index is 5.80. The molecular weight excluding hydrogens is 641 g/mol. The van der Waals surface area contributed by atoms with E-state index in [0.29, 0.717) is 11.8 Å². The highest BCUT2D eigenvalue weighted by Crippen LogP contribution is 2.45. The summed E-state index contributed by atoms with van der Waals surface area (Å²) in [6, 6.07) is 35.2. The van der Waals surface area contributed by atoms with Gasteiger partial charge in [-0.15, -0.1) is 0 Å². The molecule has 2 aliphatic rings. The molecule has 6 aromatic rings. The van der Waals surface area contributed by atoms with Gasteiger partial charge in [-0.2, -0.15) is 0 Å². The predicted molar refractivity (Wildman–Crippen MR) is 230 cm³/mol. The van der Waals surface area contributed by atoms with Gasteiger partial charge in [0.1, 0.15) is 5.82 Å². The first kappa shape index (κ1) is 35.5. The first-order chi connectivity index (χ1) is 24.9. The largest absolute Gasteiger partial charge is 0.311 e. The van der Waals surface area contributed by atoms with E-state index in [1.807, 2.05) is 0 Å². The zero-order chi connectivity index (χ0) is 37.9. The molecule has 0 spiro atoms. The van der Waals surface area contributed by atoms with Crippen molar-refractivity contribution in [1.82, 2.24) is 9.55 Å². The number of imidazole rings is 1. The number of benzene rings is 5. The summed E-state index contributed by atoms with van der Waals surface area (Å²) in [6.45, 7) is 30.2. The van der Waals surface area contributed by atoms with Crippen molar-refractivity contribution in [3.63, 3.8) is 0 Å². The summed E-state index contributed by atoms with van der Waals surface area (Å²) in [5.74, 6) is 1.77. The van der Waals surface area contributed by atoms with Crippen LogP contribution in [0.4, 0.5) is 17.1 Å². The van der Waals surface area contributed by atoms with Crippen LogP contribution in [-0.2, 0) is 16.2 Å². The van der Waals surface area contributed by atoms with E-state index in [1.54, 1.807) is 0 Å². The Morgan fingerprint density at radius 1 is 0.566 bits per heavy atom. The molecule has 0 aliphatic carbocycles. The minimum atomic E-state index is -0.0740. The molecule has 0 unspecified atom stereocenters. The molecule has 0 bridgehead atoms. The standard InChI is InChI=1S/C49H56BN3/c1-29(2)34-16-14-17-35(30(3)4)42(34)46-51-44-36(49(11,12)13)25-26-37-45(44)53(46)41-19-15-18-40-43(41)50(37)38-28-32(48(8,9)10)22-27-39(38)52(40)33-23-20-31(21-24-33)47(5,6)7/h14-30H,1-13H3.